The Hall–Kier alpha value is -1.18. The molecule has 5 nitrogen and oxygen atoms in total. The van der Waals surface area contributed by atoms with E-state index >= 15 is 0 Å². The normalized spacial score (nSPS) is 24.6. The van der Waals surface area contributed by atoms with Crippen LogP contribution in [0.4, 0.5) is 4.39 Å². The Morgan fingerprint density at radius 1 is 1.47 bits per heavy atom. The van der Waals surface area contributed by atoms with Crippen LogP contribution in [0.25, 0.3) is 0 Å². The lowest BCUT2D eigenvalue weighted by Crippen LogP contribution is -2.40. The number of ether oxygens (including phenoxy) is 1. The minimum Gasteiger partial charge on any atom is -0.494 e. The monoisotopic (exact) mass is 288 g/mol. The lowest BCUT2D eigenvalue weighted by Gasteiger charge is -2.22. The van der Waals surface area contributed by atoms with Crippen molar-refractivity contribution in [3.63, 3.8) is 0 Å². The Morgan fingerprint density at radius 3 is 2.63 bits per heavy atom. The van der Waals surface area contributed by atoms with Crippen molar-refractivity contribution in [3.05, 3.63) is 24.0 Å². The summed E-state index contributed by atoms with van der Waals surface area (Å²) in [4.78, 5) is -0.0771. The average molecular weight is 288 g/mol. The first-order valence-corrected chi connectivity index (χ1v) is 7.43. The Morgan fingerprint density at radius 2 is 2.16 bits per heavy atom. The van der Waals surface area contributed by atoms with Crippen LogP contribution in [0.5, 0.6) is 5.75 Å². The number of nitrogens with two attached hydrogens (primary N) is 1. The fourth-order valence-electron chi connectivity index (χ4n) is 2.22. The maximum Gasteiger partial charge on any atom is 0.243 e. The number of methoxy groups -OCH3 is 1. The molecule has 106 valence electrons. The number of benzene rings is 1. The van der Waals surface area contributed by atoms with Crippen molar-refractivity contribution in [2.75, 3.05) is 13.7 Å². The third-order valence-electron chi connectivity index (χ3n) is 3.49. The van der Waals surface area contributed by atoms with Crippen LogP contribution in [0.1, 0.15) is 13.3 Å². The molecule has 19 heavy (non-hydrogen) atoms. The van der Waals surface area contributed by atoms with Gasteiger partial charge in [0.05, 0.1) is 12.0 Å². The van der Waals surface area contributed by atoms with E-state index in [-0.39, 0.29) is 22.7 Å². The zero-order valence-corrected chi connectivity index (χ0v) is 11.7. The number of halogens is 1. The van der Waals surface area contributed by atoms with Crippen LogP contribution in [-0.2, 0) is 10.0 Å². The predicted octanol–water partition coefficient (Wildman–Crippen LogP) is 0.945. The van der Waals surface area contributed by atoms with Gasteiger partial charge >= 0.3 is 0 Å². The van der Waals surface area contributed by atoms with Gasteiger partial charge in [-0.25, -0.2) is 12.8 Å². The fourth-order valence-corrected chi connectivity index (χ4v) is 3.92. The summed E-state index contributed by atoms with van der Waals surface area (Å²) in [6.07, 6.45) is 0.610. The molecule has 0 radical (unpaired) electrons. The van der Waals surface area contributed by atoms with E-state index < -0.39 is 15.8 Å². The third-order valence-corrected chi connectivity index (χ3v) is 5.47. The molecule has 2 unspecified atom stereocenters. The van der Waals surface area contributed by atoms with Crippen LogP contribution in [0, 0.1) is 5.82 Å². The second-order valence-electron chi connectivity index (χ2n) is 4.61. The Labute approximate surface area is 112 Å². The van der Waals surface area contributed by atoms with Crippen LogP contribution >= 0.6 is 0 Å². The number of hydrogen-bond donors (Lipinski definition) is 1. The van der Waals surface area contributed by atoms with Gasteiger partial charge in [0, 0.05) is 18.6 Å². The molecule has 1 aliphatic heterocycles. The summed E-state index contributed by atoms with van der Waals surface area (Å²) in [5.74, 6) is -0.676. The van der Waals surface area contributed by atoms with Crippen LogP contribution < -0.4 is 10.5 Å². The Balaban J connectivity index is 2.37. The fraction of sp³-hybridized carbons (Fsp3) is 0.500. The van der Waals surface area contributed by atoms with Crippen molar-refractivity contribution < 1.29 is 17.5 Å². The molecule has 1 saturated heterocycles. The molecular formula is C12H17FN2O3S. The van der Waals surface area contributed by atoms with Gasteiger partial charge in [-0.05, 0) is 31.5 Å². The lowest BCUT2D eigenvalue weighted by atomic mass is 10.2. The first-order valence-electron chi connectivity index (χ1n) is 5.99. The highest BCUT2D eigenvalue weighted by atomic mass is 32.2. The first kappa shape index (κ1) is 14.2. The van der Waals surface area contributed by atoms with Gasteiger partial charge in [0.15, 0.2) is 11.6 Å². The zero-order valence-electron chi connectivity index (χ0n) is 10.8. The molecule has 1 heterocycles. The van der Waals surface area contributed by atoms with Gasteiger partial charge in [0.2, 0.25) is 10.0 Å². The van der Waals surface area contributed by atoms with Crippen molar-refractivity contribution in [2.45, 2.75) is 30.3 Å². The highest BCUT2D eigenvalue weighted by molar-refractivity contribution is 7.89. The third kappa shape index (κ3) is 2.45. The highest BCUT2D eigenvalue weighted by Crippen LogP contribution is 2.27. The van der Waals surface area contributed by atoms with E-state index in [9.17, 15) is 12.8 Å². The van der Waals surface area contributed by atoms with Gasteiger partial charge in [0.25, 0.3) is 0 Å². The van der Waals surface area contributed by atoms with Crippen LogP contribution in [0.15, 0.2) is 23.1 Å². The summed E-state index contributed by atoms with van der Waals surface area (Å²) < 4.78 is 44.5. The summed E-state index contributed by atoms with van der Waals surface area (Å²) >= 11 is 0. The van der Waals surface area contributed by atoms with E-state index in [1.165, 1.54) is 23.5 Å². The molecular weight excluding hydrogens is 271 g/mol. The molecule has 2 atom stereocenters. The first-order chi connectivity index (χ1) is 8.87. The topological polar surface area (TPSA) is 72.6 Å². The Kier molecular flexibility index (Phi) is 3.80. The Bertz CT molecular complexity index is 576. The van der Waals surface area contributed by atoms with E-state index in [0.717, 1.165) is 6.07 Å². The zero-order chi connectivity index (χ0) is 14.2. The summed E-state index contributed by atoms with van der Waals surface area (Å²) in [5.41, 5.74) is 5.82. The number of sulfonamides is 1. The van der Waals surface area contributed by atoms with Crippen LogP contribution in [-0.4, -0.2) is 38.5 Å². The quantitative estimate of drug-likeness (QED) is 0.898. The van der Waals surface area contributed by atoms with Crippen molar-refractivity contribution in [1.29, 1.82) is 0 Å². The molecule has 1 aromatic rings. The van der Waals surface area contributed by atoms with E-state index in [1.807, 2.05) is 0 Å². The van der Waals surface area contributed by atoms with Crippen LogP contribution in [0.2, 0.25) is 0 Å². The van der Waals surface area contributed by atoms with E-state index in [2.05, 4.69) is 0 Å². The van der Waals surface area contributed by atoms with Crippen molar-refractivity contribution >= 4 is 10.0 Å². The summed E-state index contributed by atoms with van der Waals surface area (Å²) in [7, 11) is -2.38. The SMILES string of the molecule is COc1ccc(S(=O)(=O)N2CCC(N)C2C)cc1F. The standard InChI is InChI=1S/C12H17FN2O3S/c1-8-11(14)5-6-15(8)19(16,17)9-3-4-12(18-2)10(13)7-9/h3-4,7-8,11H,5-6,14H2,1-2H3. The molecule has 1 fully saturated rings. The molecule has 2 rings (SSSR count). The molecule has 7 heteroatoms. The minimum absolute atomic E-state index is 0.0186. The van der Waals surface area contributed by atoms with E-state index in [0.29, 0.717) is 13.0 Å². The van der Waals surface area contributed by atoms with Crippen molar-refractivity contribution in [2.24, 2.45) is 5.73 Å². The molecule has 0 aromatic heterocycles. The number of rotatable bonds is 3. The summed E-state index contributed by atoms with van der Waals surface area (Å²) in [5, 5.41) is 0. The summed E-state index contributed by atoms with van der Waals surface area (Å²) in [6.45, 7) is 2.12. The molecule has 0 bridgehead atoms. The smallest absolute Gasteiger partial charge is 0.243 e. The second-order valence-corrected chi connectivity index (χ2v) is 6.50. The highest BCUT2D eigenvalue weighted by Gasteiger charge is 2.37. The molecule has 1 aromatic carbocycles. The molecule has 2 N–H and O–H groups in total. The van der Waals surface area contributed by atoms with Gasteiger partial charge in [0.1, 0.15) is 0 Å². The number of hydrogen-bond acceptors (Lipinski definition) is 4. The molecule has 0 saturated carbocycles. The maximum absolute atomic E-state index is 13.6. The molecule has 1 aliphatic rings. The van der Waals surface area contributed by atoms with Gasteiger partial charge in [-0.15, -0.1) is 0 Å². The average Bonchev–Trinajstić information content (AvgIpc) is 2.70. The van der Waals surface area contributed by atoms with Crippen molar-refractivity contribution in [3.8, 4) is 5.75 Å². The van der Waals surface area contributed by atoms with Crippen LogP contribution in [0.3, 0.4) is 0 Å². The second kappa shape index (κ2) is 5.07. The van der Waals surface area contributed by atoms with Gasteiger partial charge in [-0.1, -0.05) is 0 Å². The van der Waals surface area contributed by atoms with Gasteiger partial charge in [-0.3, -0.25) is 0 Å². The minimum atomic E-state index is -3.71. The molecule has 0 amide bonds. The molecule has 0 aliphatic carbocycles. The van der Waals surface area contributed by atoms with E-state index in [1.54, 1.807) is 6.92 Å². The maximum atomic E-state index is 13.6. The predicted molar refractivity (Wildman–Crippen MR) is 68.9 cm³/mol. The molecule has 0 spiro atoms. The largest absolute Gasteiger partial charge is 0.494 e. The van der Waals surface area contributed by atoms with Gasteiger partial charge < -0.3 is 10.5 Å². The van der Waals surface area contributed by atoms with E-state index in [4.69, 9.17) is 10.5 Å². The van der Waals surface area contributed by atoms with Gasteiger partial charge in [-0.2, -0.15) is 4.31 Å². The summed E-state index contributed by atoms with van der Waals surface area (Å²) in [6, 6.07) is 3.16. The lowest BCUT2D eigenvalue weighted by molar-refractivity contribution is 0.382. The number of nitrogens with zero attached hydrogens (tertiary/aromatic N) is 1. The van der Waals surface area contributed by atoms with Crippen molar-refractivity contribution in [1.82, 2.24) is 4.31 Å².